The molecule has 0 aliphatic heterocycles. The van der Waals surface area contributed by atoms with Crippen LogP contribution in [0.15, 0.2) is 24.3 Å². The van der Waals surface area contributed by atoms with Gasteiger partial charge in [0.2, 0.25) is 0 Å². The predicted octanol–water partition coefficient (Wildman–Crippen LogP) is 3.55. The number of hydrogen-bond donors (Lipinski definition) is 2. The minimum Gasteiger partial charge on any atom is -0.271 e. The Balaban J connectivity index is 2.24. The molecule has 3 heteroatoms. The van der Waals surface area contributed by atoms with Crippen LogP contribution in [0.4, 0.5) is 4.39 Å². The number of halogens is 1. The maximum absolute atomic E-state index is 13.9. The maximum Gasteiger partial charge on any atom is 0.128 e. The van der Waals surface area contributed by atoms with Crippen LogP contribution in [0.25, 0.3) is 0 Å². The largest absolute Gasteiger partial charge is 0.271 e. The Morgan fingerprint density at radius 1 is 1.33 bits per heavy atom. The van der Waals surface area contributed by atoms with Crippen LogP contribution in [0, 0.1) is 17.7 Å². The van der Waals surface area contributed by atoms with E-state index in [0.29, 0.717) is 17.4 Å². The lowest BCUT2D eigenvalue weighted by molar-refractivity contribution is 0.173. The molecule has 3 N–H and O–H groups in total. The maximum atomic E-state index is 13.9. The first-order valence-electron chi connectivity index (χ1n) is 6.98. The standard InChI is InChI=1S/C15H23FN2/c1-2-11-7-3-4-8-12(11)15(18-17)13-9-5-6-10-14(13)16/h5-6,9-12,15,18H,2-4,7-8,17H2,1H3. The zero-order chi connectivity index (χ0) is 13.0. The van der Waals surface area contributed by atoms with Crippen LogP contribution in [-0.4, -0.2) is 0 Å². The average molecular weight is 250 g/mol. The molecular formula is C15H23FN2. The van der Waals surface area contributed by atoms with Gasteiger partial charge in [-0.05, 0) is 24.3 Å². The van der Waals surface area contributed by atoms with Crippen LogP contribution in [0.1, 0.15) is 50.6 Å². The van der Waals surface area contributed by atoms with Gasteiger partial charge in [0.25, 0.3) is 0 Å². The normalized spacial score (nSPS) is 25.9. The van der Waals surface area contributed by atoms with Crippen molar-refractivity contribution >= 4 is 0 Å². The summed E-state index contributed by atoms with van der Waals surface area (Å²) in [5.74, 6) is 6.65. The molecule has 0 spiro atoms. The van der Waals surface area contributed by atoms with E-state index < -0.39 is 0 Å². The predicted molar refractivity (Wildman–Crippen MR) is 72.2 cm³/mol. The van der Waals surface area contributed by atoms with E-state index in [-0.39, 0.29) is 11.9 Å². The minimum absolute atomic E-state index is 0.0588. The molecule has 1 saturated carbocycles. The van der Waals surface area contributed by atoms with E-state index in [2.05, 4.69) is 12.3 Å². The molecule has 1 fully saturated rings. The Morgan fingerprint density at radius 2 is 2.06 bits per heavy atom. The van der Waals surface area contributed by atoms with Crippen molar-refractivity contribution in [3.05, 3.63) is 35.6 Å². The van der Waals surface area contributed by atoms with Crippen molar-refractivity contribution in [1.82, 2.24) is 5.43 Å². The molecule has 1 aliphatic rings. The van der Waals surface area contributed by atoms with Gasteiger partial charge in [-0.3, -0.25) is 11.3 Å². The van der Waals surface area contributed by atoms with Crippen molar-refractivity contribution < 1.29 is 4.39 Å². The smallest absolute Gasteiger partial charge is 0.128 e. The Morgan fingerprint density at radius 3 is 2.72 bits per heavy atom. The topological polar surface area (TPSA) is 38.0 Å². The summed E-state index contributed by atoms with van der Waals surface area (Å²) in [6.45, 7) is 2.22. The number of hydrazine groups is 1. The summed E-state index contributed by atoms with van der Waals surface area (Å²) in [7, 11) is 0. The monoisotopic (exact) mass is 250 g/mol. The van der Waals surface area contributed by atoms with E-state index in [1.54, 1.807) is 6.07 Å². The Bertz CT molecular complexity index is 381. The van der Waals surface area contributed by atoms with Gasteiger partial charge in [-0.25, -0.2) is 4.39 Å². The lowest BCUT2D eigenvalue weighted by Gasteiger charge is -2.36. The molecule has 2 rings (SSSR count). The van der Waals surface area contributed by atoms with Crippen LogP contribution in [0.5, 0.6) is 0 Å². The molecule has 3 atom stereocenters. The van der Waals surface area contributed by atoms with Crippen molar-refractivity contribution in [2.45, 2.75) is 45.1 Å². The molecule has 18 heavy (non-hydrogen) atoms. The van der Waals surface area contributed by atoms with Crippen LogP contribution in [0.2, 0.25) is 0 Å². The van der Waals surface area contributed by atoms with Gasteiger partial charge in [0, 0.05) is 5.56 Å². The SMILES string of the molecule is CCC1CCCCC1C(NN)c1ccccc1F. The highest BCUT2D eigenvalue weighted by Gasteiger charge is 2.32. The van der Waals surface area contributed by atoms with Gasteiger partial charge in [0.05, 0.1) is 6.04 Å². The van der Waals surface area contributed by atoms with E-state index >= 15 is 0 Å². The zero-order valence-corrected chi connectivity index (χ0v) is 11.0. The van der Waals surface area contributed by atoms with Gasteiger partial charge in [-0.1, -0.05) is 50.8 Å². The Kier molecular flexibility index (Phi) is 4.72. The first kappa shape index (κ1) is 13.5. The van der Waals surface area contributed by atoms with E-state index in [9.17, 15) is 4.39 Å². The number of hydrogen-bond acceptors (Lipinski definition) is 2. The third-order valence-electron chi connectivity index (χ3n) is 4.34. The third kappa shape index (κ3) is 2.73. The lowest BCUT2D eigenvalue weighted by atomic mass is 9.72. The van der Waals surface area contributed by atoms with E-state index in [0.717, 1.165) is 12.8 Å². The molecule has 3 unspecified atom stereocenters. The number of rotatable bonds is 4. The summed E-state index contributed by atoms with van der Waals surface area (Å²) in [4.78, 5) is 0. The summed E-state index contributed by atoms with van der Waals surface area (Å²) < 4.78 is 13.9. The van der Waals surface area contributed by atoms with Gasteiger partial charge in [-0.15, -0.1) is 0 Å². The zero-order valence-electron chi connectivity index (χ0n) is 11.0. The van der Waals surface area contributed by atoms with Gasteiger partial charge in [0.1, 0.15) is 5.82 Å². The van der Waals surface area contributed by atoms with E-state index in [1.807, 2.05) is 12.1 Å². The molecule has 1 aromatic carbocycles. The minimum atomic E-state index is -0.152. The van der Waals surface area contributed by atoms with E-state index in [4.69, 9.17) is 5.84 Å². The van der Waals surface area contributed by atoms with Crippen molar-refractivity contribution in [2.75, 3.05) is 0 Å². The summed E-state index contributed by atoms with van der Waals surface area (Å²) in [6.07, 6.45) is 6.06. The number of nitrogens with two attached hydrogens (primary N) is 1. The highest BCUT2D eigenvalue weighted by molar-refractivity contribution is 5.22. The first-order chi connectivity index (χ1) is 8.77. The fourth-order valence-corrected chi connectivity index (χ4v) is 3.35. The second-order valence-electron chi connectivity index (χ2n) is 5.28. The molecule has 0 aromatic heterocycles. The Hall–Kier alpha value is -0.930. The number of benzene rings is 1. The molecule has 0 heterocycles. The molecule has 0 amide bonds. The summed E-state index contributed by atoms with van der Waals surface area (Å²) in [5, 5.41) is 0. The molecule has 1 aliphatic carbocycles. The fraction of sp³-hybridized carbons (Fsp3) is 0.600. The van der Waals surface area contributed by atoms with Gasteiger partial charge >= 0.3 is 0 Å². The van der Waals surface area contributed by atoms with Gasteiger partial charge in [0.15, 0.2) is 0 Å². The van der Waals surface area contributed by atoms with Crippen molar-refractivity contribution in [3.63, 3.8) is 0 Å². The molecule has 0 bridgehead atoms. The molecule has 1 aromatic rings. The van der Waals surface area contributed by atoms with Gasteiger partial charge < -0.3 is 0 Å². The quantitative estimate of drug-likeness (QED) is 0.633. The first-order valence-corrected chi connectivity index (χ1v) is 6.98. The van der Waals surface area contributed by atoms with Gasteiger partial charge in [-0.2, -0.15) is 0 Å². The van der Waals surface area contributed by atoms with Crippen LogP contribution < -0.4 is 11.3 Å². The second-order valence-corrected chi connectivity index (χ2v) is 5.28. The van der Waals surface area contributed by atoms with Crippen molar-refractivity contribution in [3.8, 4) is 0 Å². The third-order valence-corrected chi connectivity index (χ3v) is 4.34. The highest BCUT2D eigenvalue weighted by atomic mass is 19.1. The molecular weight excluding hydrogens is 227 g/mol. The van der Waals surface area contributed by atoms with Crippen LogP contribution in [-0.2, 0) is 0 Å². The number of nitrogens with one attached hydrogen (secondary N) is 1. The lowest BCUT2D eigenvalue weighted by Crippen LogP contribution is -2.38. The van der Waals surface area contributed by atoms with Crippen molar-refractivity contribution in [1.29, 1.82) is 0 Å². The molecule has 100 valence electrons. The average Bonchev–Trinajstić information content (AvgIpc) is 2.42. The highest BCUT2D eigenvalue weighted by Crippen LogP contribution is 2.40. The molecule has 0 radical (unpaired) electrons. The van der Waals surface area contributed by atoms with Crippen molar-refractivity contribution in [2.24, 2.45) is 17.7 Å². The van der Waals surface area contributed by atoms with Crippen LogP contribution >= 0.6 is 0 Å². The molecule has 0 saturated heterocycles. The van der Waals surface area contributed by atoms with Crippen LogP contribution in [0.3, 0.4) is 0 Å². The summed E-state index contributed by atoms with van der Waals surface area (Å²) >= 11 is 0. The summed E-state index contributed by atoms with van der Waals surface area (Å²) in [6, 6.07) is 6.92. The second kappa shape index (κ2) is 6.30. The molecule has 2 nitrogen and oxygen atoms in total. The Labute approximate surface area is 109 Å². The summed E-state index contributed by atoms with van der Waals surface area (Å²) in [5.41, 5.74) is 3.57. The fourth-order valence-electron chi connectivity index (χ4n) is 3.35. The van der Waals surface area contributed by atoms with E-state index in [1.165, 1.54) is 25.3 Å².